The lowest BCUT2D eigenvalue weighted by Crippen LogP contribution is -2.35. The van der Waals surface area contributed by atoms with E-state index in [2.05, 4.69) is 74.5 Å². The molecule has 52 heavy (non-hydrogen) atoms. The molecule has 272 valence electrons. The van der Waals surface area contributed by atoms with E-state index < -0.39 is 12.0 Å². The van der Waals surface area contributed by atoms with Crippen molar-refractivity contribution in [2.24, 2.45) is 17.8 Å². The molecule has 2 aliphatic carbocycles. The zero-order chi connectivity index (χ0) is 35.4. The minimum absolute atomic E-state index is 0.0682. The molecule has 0 aromatic heterocycles. The normalized spacial score (nSPS) is 28.7. The van der Waals surface area contributed by atoms with Gasteiger partial charge in [0.25, 0.3) is 0 Å². The molecule has 0 radical (unpaired) electrons. The number of carbonyl (C=O) groups excluding carboxylic acids is 1. The SMILES string of the molecule is CC1CCC(c2ccc(-c3ccc(OCO[C@H]4CO[C@H]5[C@@H]4OC[C@H]5C(=O)Oc4ccc(-c5ccc([C@H]6CC[C@H](C)CC6)cc5)cc4)cc3)cc2)CC1. The molecule has 2 saturated heterocycles. The maximum atomic E-state index is 13.2. The largest absolute Gasteiger partial charge is 0.468 e. The Labute approximate surface area is 308 Å². The first-order valence-corrected chi connectivity index (χ1v) is 19.6. The Balaban J connectivity index is 0.782. The third kappa shape index (κ3) is 8.00. The van der Waals surface area contributed by atoms with Crippen LogP contribution >= 0.6 is 0 Å². The molecule has 8 rings (SSSR count). The fourth-order valence-corrected chi connectivity index (χ4v) is 8.73. The smallest absolute Gasteiger partial charge is 0.319 e. The van der Waals surface area contributed by atoms with E-state index in [-0.39, 0.29) is 31.6 Å². The van der Waals surface area contributed by atoms with Crippen molar-refractivity contribution in [1.29, 1.82) is 0 Å². The van der Waals surface area contributed by atoms with E-state index in [1.165, 1.54) is 68.1 Å². The number of rotatable bonds is 10. The molecule has 0 N–H and O–H groups in total. The number of ether oxygens (including phenoxy) is 5. The molecule has 4 aliphatic rings. The van der Waals surface area contributed by atoms with Crippen LogP contribution in [0.25, 0.3) is 22.3 Å². The van der Waals surface area contributed by atoms with Gasteiger partial charge in [-0.25, -0.2) is 0 Å². The Morgan fingerprint density at radius 1 is 0.558 bits per heavy atom. The van der Waals surface area contributed by atoms with Crippen LogP contribution in [0.15, 0.2) is 97.1 Å². The Morgan fingerprint density at radius 2 is 1.00 bits per heavy atom. The van der Waals surface area contributed by atoms with Gasteiger partial charge in [0.15, 0.2) is 6.79 Å². The van der Waals surface area contributed by atoms with Crippen molar-refractivity contribution in [2.75, 3.05) is 20.0 Å². The molecule has 4 aromatic carbocycles. The van der Waals surface area contributed by atoms with Gasteiger partial charge in [0.1, 0.15) is 35.7 Å². The van der Waals surface area contributed by atoms with E-state index in [0.717, 1.165) is 34.3 Å². The highest BCUT2D eigenvalue weighted by atomic mass is 16.7. The summed E-state index contributed by atoms with van der Waals surface area (Å²) in [7, 11) is 0. The van der Waals surface area contributed by atoms with Gasteiger partial charge in [0.2, 0.25) is 0 Å². The average Bonchev–Trinajstić information content (AvgIpc) is 3.79. The molecule has 0 unspecified atom stereocenters. The molecule has 4 atom stereocenters. The maximum absolute atomic E-state index is 13.2. The quantitative estimate of drug-likeness (QED) is 0.0932. The second-order valence-corrected chi connectivity index (χ2v) is 15.8. The van der Waals surface area contributed by atoms with Crippen molar-refractivity contribution < 1.29 is 28.5 Å². The summed E-state index contributed by atoms with van der Waals surface area (Å²) in [4.78, 5) is 13.2. The van der Waals surface area contributed by atoms with Crippen LogP contribution in [0, 0.1) is 17.8 Å². The van der Waals surface area contributed by atoms with Crippen molar-refractivity contribution in [1.82, 2.24) is 0 Å². The van der Waals surface area contributed by atoms with Crippen molar-refractivity contribution in [3.8, 4) is 33.8 Å². The summed E-state index contributed by atoms with van der Waals surface area (Å²) in [6.07, 6.45) is 9.41. The lowest BCUT2D eigenvalue weighted by Gasteiger charge is -2.26. The summed E-state index contributed by atoms with van der Waals surface area (Å²) >= 11 is 0. The van der Waals surface area contributed by atoms with Gasteiger partial charge in [-0.1, -0.05) is 112 Å². The second-order valence-electron chi connectivity index (χ2n) is 15.8. The molecule has 2 aliphatic heterocycles. The van der Waals surface area contributed by atoms with Crippen LogP contribution < -0.4 is 9.47 Å². The summed E-state index contributed by atoms with van der Waals surface area (Å²) in [6, 6.07) is 33.9. The monoisotopic (exact) mass is 700 g/mol. The van der Waals surface area contributed by atoms with Gasteiger partial charge in [-0.3, -0.25) is 4.79 Å². The van der Waals surface area contributed by atoms with Crippen molar-refractivity contribution in [3.63, 3.8) is 0 Å². The summed E-state index contributed by atoms with van der Waals surface area (Å²) in [5.41, 5.74) is 7.53. The Kier molecular flexibility index (Phi) is 10.8. The van der Waals surface area contributed by atoms with Gasteiger partial charge in [0, 0.05) is 0 Å². The van der Waals surface area contributed by atoms with E-state index >= 15 is 0 Å². The Bertz CT molecular complexity index is 1750. The van der Waals surface area contributed by atoms with Crippen LogP contribution in [0.2, 0.25) is 0 Å². The van der Waals surface area contributed by atoms with E-state index in [1.807, 2.05) is 36.4 Å². The minimum atomic E-state index is -0.512. The predicted molar refractivity (Wildman–Crippen MR) is 203 cm³/mol. The molecule has 6 nitrogen and oxygen atoms in total. The molecule has 0 bridgehead atoms. The lowest BCUT2D eigenvalue weighted by molar-refractivity contribution is -0.142. The van der Waals surface area contributed by atoms with Crippen LogP contribution in [0.3, 0.4) is 0 Å². The molecule has 0 amide bonds. The zero-order valence-electron chi connectivity index (χ0n) is 30.6. The van der Waals surface area contributed by atoms with Gasteiger partial charge in [-0.2, -0.15) is 0 Å². The summed E-state index contributed by atoms with van der Waals surface area (Å²) in [5, 5.41) is 0. The molecule has 6 heteroatoms. The van der Waals surface area contributed by atoms with Crippen molar-refractivity contribution >= 4 is 5.97 Å². The second kappa shape index (κ2) is 16.0. The minimum Gasteiger partial charge on any atom is -0.468 e. The number of carbonyl (C=O) groups is 1. The topological polar surface area (TPSA) is 63.2 Å². The first-order valence-electron chi connectivity index (χ1n) is 19.6. The van der Waals surface area contributed by atoms with Crippen molar-refractivity contribution in [3.05, 3.63) is 108 Å². The average molecular weight is 701 g/mol. The van der Waals surface area contributed by atoms with Gasteiger partial charge >= 0.3 is 5.97 Å². The Hall–Kier alpha value is -3.97. The van der Waals surface area contributed by atoms with E-state index in [0.29, 0.717) is 24.2 Å². The standard InChI is InChI=1S/C46H52O6/c1-30-3-7-32(8-4-30)34-11-15-36(16-12-34)38-19-23-40(24-20-38)50-29-51-43-28-49-44-42(27-48-45(43)44)46(47)52-41-25-21-39(22-26-41)37-17-13-35(14-18-37)33-9-5-31(2)6-10-33/h11-26,30-33,42-45H,3-10,27-29H2,1-2H3/t30?,31-,32?,33-,42-,43+,44-,45-/m1/s1. The molecule has 0 spiro atoms. The fraction of sp³-hybridized carbons (Fsp3) is 0.457. The van der Waals surface area contributed by atoms with E-state index in [1.54, 1.807) is 0 Å². The first kappa shape index (κ1) is 35.1. The third-order valence-corrected chi connectivity index (χ3v) is 12.2. The van der Waals surface area contributed by atoms with Crippen LogP contribution in [0.5, 0.6) is 11.5 Å². The number of hydrogen-bond acceptors (Lipinski definition) is 6. The summed E-state index contributed by atoms with van der Waals surface area (Å²) in [6.45, 7) is 5.37. The van der Waals surface area contributed by atoms with Gasteiger partial charge < -0.3 is 23.7 Å². The van der Waals surface area contributed by atoms with E-state index in [9.17, 15) is 4.79 Å². The molecule has 2 heterocycles. The summed E-state index contributed by atoms with van der Waals surface area (Å²) in [5.74, 6) is 3.49. The zero-order valence-corrected chi connectivity index (χ0v) is 30.6. The number of hydrogen-bond donors (Lipinski definition) is 0. The van der Waals surface area contributed by atoms with Crippen molar-refractivity contribution in [2.45, 2.75) is 95.4 Å². The van der Waals surface area contributed by atoms with E-state index in [4.69, 9.17) is 23.7 Å². The number of fused-ring (bicyclic) bond motifs is 1. The summed E-state index contributed by atoms with van der Waals surface area (Å²) < 4.78 is 29.8. The van der Waals surface area contributed by atoms with Crippen LogP contribution in [0.1, 0.15) is 88.2 Å². The van der Waals surface area contributed by atoms with Gasteiger partial charge in [0.05, 0.1) is 13.2 Å². The van der Waals surface area contributed by atoms with Crippen LogP contribution in [0.4, 0.5) is 0 Å². The number of esters is 1. The number of benzene rings is 4. The Morgan fingerprint density at radius 3 is 1.50 bits per heavy atom. The molecule has 4 fully saturated rings. The van der Waals surface area contributed by atoms with Crippen LogP contribution in [-0.2, 0) is 19.0 Å². The van der Waals surface area contributed by atoms with Crippen LogP contribution in [-0.4, -0.2) is 44.3 Å². The first-order chi connectivity index (χ1) is 25.5. The predicted octanol–water partition coefficient (Wildman–Crippen LogP) is 10.3. The molecule has 2 saturated carbocycles. The highest BCUT2D eigenvalue weighted by Crippen LogP contribution is 2.38. The fourth-order valence-electron chi connectivity index (χ4n) is 8.73. The molecular formula is C46H52O6. The highest BCUT2D eigenvalue weighted by Gasteiger charge is 2.51. The maximum Gasteiger partial charge on any atom is 0.319 e. The third-order valence-electron chi connectivity index (χ3n) is 12.2. The molecule has 4 aromatic rings. The van der Waals surface area contributed by atoms with Gasteiger partial charge in [-0.05, 0) is 107 Å². The molecular weight excluding hydrogens is 648 g/mol. The van der Waals surface area contributed by atoms with Gasteiger partial charge in [-0.15, -0.1) is 0 Å². The lowest BCUT2D eigenvalue weighted by atomic mass is 9.79. The highest BCUT2D eigenvalue weighted by molar-refractivity contribution is 5.77.